The summed E-state index contributed by atoms with van der Waals surface area (Å²) in [5, 5.41) is 8.46. The number of urea groups is 1. The van der Waals surface area contributed by atoms with E-state index in [9.17, 15) is 14.0 Å². The Bertz CT molecular complexity index is 928. The third kappa shape index (κ3) is 4.03. The summed E-state index contributed by atoms with van der Waals surface area (Å²) >= 11 is 6.01. The minimum Gasteiger partial charge on any atom is -0.495 e. The molecule has 0 aliphatic carbocycles. The van der Waals surface area contributed by atoms with Gasteiger partial charge >= 0.3 is 6.03 Å². The van der Waals surface area contributed by atoms with Crippen molar-refractivity contribution in [3.63, 3.8) is 0 Å². The average Bonchev–Trinajstić information content (AvgIpc) is 2.61. The van der Waals surface area contributed by atoms with Gasteiger partial charge in [0.2, 0.25) is 0 Å². The van der Waals surface area contributed by atoms with Gasteiger partial charge in [-0.25, -0.2) is 9.18 Å². The average molecular weight is 390 g/mol. The molecule has 1 aliphatic rings. The number of methoxy groups -OCH3 is 1. The molecule has 0 aromatic heterocycles. The predicted octanol–water partition coefficient (Wildman–Crippen LogP) is 3.75. The predicted molar refractivity (Wildman–Crippen MR) is 100 cm³/mol. The van der Waals surface area contributed by atoms with Gasteiger partial charge in [-0.3, -0.25) is 4.79 Å². The van der Waals surface area contributed by atoms with Crippen LogP contribution < -0.4 is 20.7 Å². The third-order valence-corrected chi connectivity index (χ3v) is 4.36. The highest BCUT2D eigenvalue weighted by Gasteiger charge is 2.31. The maximum absolute atomic E-state index is 13.3. The molecule has 1 aliphatic heterocycles. The van der Waals surface area contributed by atoms with Crippen molar-refractivity contribution >= 4 is 29.2 Å². The summed E-state index contributed by atoms with van der Waals surface area (Å²) in [6.07, 6.45) is 0. The first-order valence-electron chi connectivity index (χ1n) is 8.07. The molecule has 3 N–H and O–H groups in total. The SMILES string of the molecule is COc1ccc(Cl)cc1NC(=O)C1=C(C)NC(=O)NC1c1ccc(F)cc1. The second kappa shape index (κ2) is 7.67. The van der Waals surface area contributed by atoms with Crippen molar-refractivity contribution in [3.05, 3.63) is 70.1 Å². The fourth-order valence-electron chi connectivity index (χ4n) is 2.87. The quantitative estimate of drug-likeness (QED) is 0.745. The second-order valence-electron chi connectivity index (χ2n) is 5.92. The number of hydrogen-bond donors (Lipinski definition) is 3. The van der Waals surface area contributed by atoms with Gasteiger partial charge in [0.15, 0.2) is 0 Å². The van der Waals surface area contributed by atoms with E-state index in [1.54, 1.807) is 25.1 Å². The molecule has 2 aromatic rings. The number of ether oxygens (including phenoxy) is 1. The molecule has 0 spiro atoms. The van der Waals surface area contributed by atoms with E-state index in [0.717, 1.165) is 0 Å². The van der Waals surface area contributed by atoms with Gasteiger partial charge in [0, 0.05) is 10.7 Å². The summed E-state index contributed by atoms with van der Waals surface area (Å²) in [5.74, 6) is -0.415. The zero-order valence-corrected chi connectivity index (χ0v) is 15.4. The topological polar surface area (TPSA) is 79.5 Å². The van der Waals surface area contributed by atoms with Crippen LogP contribution in [0.1, 0.15) is 18.5 Å². The molecular weight excluding hydrogens is 373 g/mol. The van der Waals surface area contributed by atoms with E-state index < -0.39 is 23.8 Å². The third-order valence-electron chi connectivity index (χ3n) is 4.13. The van der Waals surface area contributed by atoms with E-state index in [1.165, 1.54) is 31.4 Å². The molecule has 6 nitrogen and oxygen atoms in total. The summed E-state index contributed by atoms with van der Waals surface area (Å²) in [5.41, 5.74) is 1.66. The smallest absolute Gasteiger partial charge is 0.319 e. The van der Waals surface area contributed by atoms with Crippen molar-refractivity contribution in [3.8, 4) is 5.75 Å². The summed E-state index contributed by atoms with van der Waals surface area (Å²) < 4.78 is 18.5. The van der Waals surface area contributed by atoms with E-state index >= 15 is 0 Å². The lowest BCUT2D eigenvalue weighted by atomic mass is 9.95. The van der Waals surface area contributed by atoms with Crippen molar-refractivity contribution in [2.24, 2.45) is 0 Å². The summed E-state index contributed by atoms with van der Waals surface area (Å²) in [4.78, 5) is 24.9. The Balaban J connectivity index is 1.97. The van der Waals surface area contributed by atoms with Crippen molar-refractivity contribution in [2.75, 3.05) is 12.4 Å². The summed E-state index contributed by atoms with van der Waals surface area (Å²) in [6, 6.07) is 9.25. The number of halogens is 2. The highest BCUT2D eigenvalue weighted by molar-refractivity contribution is 6.31. The minimum atomic E-state index is -0.732. The molecule has 2 aromatic carbocycles. The van der Waals surface area contributed by atoms with Crippen molar-refractivity contribution in [1.29, 1.82) is 0 Å². The summed E-state index contributed by atoms with van der Waals surface area (Å²) in [7, 11) is 1.48. The van der Waals surface area contributed by atoms with E-state index in [0.29, 0.717) is 33.3 Å². The van der Waals surface area contributed by atoms with Crippen LogP contribution in [-0.4, -0.2) is 19.0 Å². The Morgan fingerprint density at radius 2 is 1.93 bits per heavy atom. The monoisotopic (exact) mass is 389 g/mol. The Kier molecular flexibility index (Phi) is 5.32. The Morgan fingerprint density at radius 3 is 2.59 bits per heavy atom. The standard InChI is InChI=1S/C19H17ClFN3O3/c1-10-16(18(25)23-14-9-12(20)5-8-15(14)27-2)17(24-19(26)22-10)11-3-6-13(21)7-4-11/h3-9,17H,1-2H3,(H,23,25)(H2,22,24,26). The largest absolute Gasteiger partial charge is 0.495 e. The molecule has 27 heavy (non-hydrogen) atoms. The Morgan fingerprint density at radius 1 is 1.22 bits per heavy atom. The van der Waals surface area contributed by atoms with E-state index in [2.05, 4.69) is 16.0 Å². The van der Waals surface area contributed by atoms with Gasteiger partial charge in [-0.05, 0) is 42.8 Å². The number of amides is 3. The maximum Gasteiger partial charge on any atom is 0.319 e. The first-order valence-corrected chi connectivity index (χ1v) is 8.45. The van der Waals surface area contributed by atoms with E-state index in [4.69, 9.17) is 16.3 Å². The lowest BCUT2D eigenvalue weighted by Gasteiger charge is -2.28. The van der Waals surface area contributed by atoms with Crippen LogP contribution in [-0.2, 0) is 4.79 Å². The lowest BCUT2D eigenvalue weighted by Crippen LogP contribution is -2.46. The van der Waals surface area contributed by atoms with Crippen LogP contribution in [0.5, 0.6) is 5.75 Å². The first kappa shape index (κ1) is 18.7. The molecule has 0 saturated heterocycles. The number of anilines is 1. The highest BCUT2D eigenvalue weighted by atomic mass is 35.5. The Hall–Kier alpha value is -3.06. The molecule has 3 rings (SSSR count). The van der Waals surface area contributed by atoms with E-state index in [-0.39, 0.29) is 0 Å². The highest BCUT2D eigenvalue weighted by Crippen LogP contribution is 2.31. The fraction of sp³-hybridized carbons (Fsp3) is 0.158. The van der Waals surface area contributed by atoms with Crippen molar-refractivity contribution in [1.82, 2.24) is 10.6 Å². The number of hydrogen-bond acceptors (Lipinski definition) is 3. The van der Waals surface area contributed by atoms with Crippen LogP contribution >= 0.6 is 11.6 Å². The first-order chi connectivity index (χ1) is 12.9. The minimum absolute atomic E-state index is 0.295. The van der Waals surface area contributed by atoms with Crippen LogP contribution in [0.3, 0.4) is 0 Å². The van der Waals surface area contributed by atoms with Gasteiger partial charge in [-0.1, -0.05) is 23.7 Å². The molecular formula is C19H17ClFN3O3. The number of carbonyl (C=O) groups is 2. The normalized spacial score (nSPS) is 16.4. The van der Waals surface area contributed by atoms with Crippen molar-refractivity contribution in [2.45, 2.75) is 13.0 Å². The van der Waals surface area contributed by atoms with Crippen LogP contribution in [0, 0.1) is 5.82 Å². The molecule has 8 heteroatoms. The molecule has 0 fully saturated rings. The van der Waals surface area contributed by atoms with Crippen LogP contribution in [0.15, 0.2) is 53.7 Å². The van der Waals surface area contributed by atoms with Crippen LogP contribution in [0.2, 0.25) is 5.02 Å². The number of rotatable bonds is 4. The molecule has 1 heterocycles. The van der Waals surface area contributed by atoms with Gasteiger partial charge in [0.1, 0.15) is 11.6 Å². The fourth-order valence-corrected chi connectivity index (χ4v) is 3.04. The molecule has 3 amide bonds. The van der Waals surface area contributed by atoms with Crippen LogP contribution in [0.4, 0.5) is 14.9 Å². The zero-order valence-electron chi connectivity index (χ0n) is 14.6. The molecule has 1 atom stereocenters. The van der Waals surface area contributed by atoms with Crippen LogP contribution in [0.25, 0.3) is 0 Å². The molecule has 1 unspecified atom stereocenters. The molecule has 0 radical (unpaired) electrons. The van der Waals surface area contributed by atoms with Gasteiger partial charge in [-0.15, -0.1) is 0 Å². The number of carbonyl (C=O) groups excluding carboxylic acids is 2. The maximum atomic E-state index is 13.3. The number of allylic oxidation sites excluding steroid dienone is 1. The Labute approximate surface area is 160 Å². The van der Waals surface area contributed by atoms with E-state index in [1.807, 2.05) is 0 Å². The summed E-state index contributed by atoms with van der Waals surface area (Å²) in [6.45, 7) is 1.62. The number of nitrogens with one attached hydrogen (secondary N) is 3. The zero-order chi connectivity index (χ0) is 19.6. The van der Waals surface area contributed by atoms with Gasteiger partial charge < -0.3 is 20.7 Å². The number of benzene rings is 2. The lowest BCUT2D eigenvalue weighted by molar-refractivity contribution is -0.113. The van der Waals surface area contributed by atoms with Gasteiger partial charge in [0.25, 0.3) is 5.91 Å². The molecule has 0 bridgehead atoms. The van der Waals surface area contributed by atoms with Crippen molar-refractivity contribution < 1.29 is 18.7 Å². The second-order valence-corrected chi connectivity index (χ2v) is 6.36. The van der Waals surface area contributed by atoms with Gasteiger partial charge in [0.05, 0.1) is 24.4 Å². The molecule has 140 valence electrons. The molecule has 0 saturated carbocycles. The van der Waals surface area contributed by atoms with Gasteiger partial charge in [-0.2, -0.15) is 0 Å².